The number of hydrogen-bond donors (Lipinski definition) is 1. The number of nitrogens with one attached hydrogen (secondary N) is 1. The van der Waals surface area contributed by atoms with Crippen molar-refractivity contribution in [1.82, 2.24) is 4.90 Å². The van der Waals surface area contributed by atoms with Crippen LogP contribution in [0.1, 0.15) is 37.4 Å². The molecule has 0 saturated carbocycles. The number of anilines is 1. The number of halogens is 1. The highest BCUT2D eigenvalue weighted by Gasteiger charge is 2.34. The maximum Gasteiger partial charge on any atom is 0.322 e. The third-order valence-electron chi connectivity index (χ3n) is 5.11. The second-order valence-corrected chi connectivity index (χ2v) is 7.04. The monoisotopic (exact) mass is 430 g/mol. The van der Waals surface area contributed by atoms with Gasteiger partial charge in [0.15, 0.2) is 11.5 Å². The molecule has 166 valence electrons. The summed E-state index contributed by atoms with van der Waals surface area (Å²) in [6.07, 6.45) is 0.593. The summed E-state index contributed by atoms with van der Waals surface area (Å²) in [5.41, 5.74) is 2.28. The van der Waals surface area contributed by atoms with Crippen LogP contribution in [0.2, 0.25) is 0 Å². The van der Waals surface area contributed by atoms with Crippen molar-refractivity contribution < 1.29 is 28.2 Å². The van der Waals surface area contributed by atoms with E-state index < -0.39 is 12.0 Å². The largest absolute Gasteiger partial charge is 0.490 e. The minimum Gasteiger partial charge on any atom is -0.490 e. The van der Waals surface area contributed by atoms with Crippen molar-refractivity contribution >= 4 is 17.7 Å². The first-order chi connectivity index (χ1) is 15.0. The molecule has 0 saturated heterocycles. The Labute approximate surface area is 181 Å². The molecule has 1 aliphatic rings. The number of carbonyl (C=O) groups is 2. The predicted octanol–water partition coefficient (Wildman–Crippen LogP) is 4.32. The van der Waals surface area contributed by atoms with Gasteiger partial charge < -0.3 is 24.4 Å². The molecule has 7 nitrogen and oxygen atoms in total. The molecule has 1 aliphatic heterocycles. The summed E-state index contributed by atoms with van der Waals surface area (Å²) in [7, 11) is 1.32. The van der Waals surface area contributed by atoms with Crippen LogP contribution in [0.25, 0.3) is 0 Å². The summed E-state index contributed by atoms with van der Waals surface area (Å²) in [6, 6.07) is 8.37. The Kier molecular flexibility index (Phi) is 7.33. The van der Waals surface area contributed by atoms with E-state index in [-0.39, 0.29) is 18.3 Å². The van der Waals surface area contributed by atoms with Crippen LogP contribution >= 0.6 is 0 Å². The summed E-state index contributed by atoms with van der Waals surface area (Å²) in [4.78, 5) is 26.8. The fourth-order valence-corrected chi connectivity index (χ4v) is 3.68. The number of ether oxygens (including phenoxy) is 3. The molecule has 1 atom stereocenters. The quantitative estimate of drug-likeness (QED) is 0.662. The molecule has 2 amide bonds. The van der Waals surface area contributed by atoms with Gasteiger partial charge in [-0.3, -0.25) is 4.79 Å². The fourth-order valence-electron chi connectivity index (χ4n) is 3.68. The Balaban J connectivity index is 1.94. The van der Waals surface area contributed by atoms with Gasteiger partial charge in [0.05, 0.1) is 32.8 Å². The van der Waals surface area contributed by atoms with Gasteiger partial charge in [-0.1, -0.05) is 0 Å². The molecule has 3 rings (SSSR count). The lowest BCUT2D eigenvalue weighted by molar-refractivity contribution is -0.141. The van der Waals surface area contributed by atoms with Crippen LogP contribution in [0.4, 0.5) is 14.9 Å². The Bertz CT molecular complexity index is 932. The van der Waals surface area contributed by atoms with Crippen LogP contribution in [0.15, 0.2) is 36.4 Å². The van der Waals surface area contributed by atoms with E-state index in [0.717, 1.165) is 11.1 Å². The third kappa shape index (κ3) is 5.25. The molecule has 0 unspecified atom stereocenters. The first-order valence-electron chi connectivity index (χ1n) is 10.3. The zero-order chi connectivity index (χ0) is 22.4. The molecule has 0 radical (unpaired) electrons. The Morgan fingerprint density at radius 2 is 1.74 bits per heavy atom. The van der Waals surface area contributed by atoms with Crippen LogP contribution in [0, 0.1) is 5.82 Å². The molecule has 1 heterocycles. The van der Waals surface area contributed by atoms with Crippen molar-refractivity contribution in [3.05, 3.63) is 53.3 Å². The molecular weight excluding hydrogens is 403 g/mol. The van der Waals surface area contributed by atoms with Gasteiger partial charge in [0.2, 0.25) is 0 Å². The van der Waals surface area contributed by atoms with Crippen LogP contribution in [-0.4, -0.2) is 43.8 Å². The van der Waals surface area contributed by atoms with Gasteiger partial charge in [-0.25, -0.2) is 9.18 Å². The van der Waals surface area contributed by atoms with Crippen LogP contribution in [-0.2, 0) is 16.0 Å². The van der Waals surface area contributed by atoms with E-state index >= 15 is 0 Å². The highest BCUT2D eigenvalue weighted by atomic mass is 19.1. The normalized spacial score (nSPS) is 15.1. The van der Waals surface area contributed by atoms with Crippen molar-refractivity contribution in [1.29, 1.82) is 0 Å². The topological polar surface area (TPSA) is 77.1 Å². The number of hydrogen-bond acceptors (Lipinski definition) is 5. The maximum atomic E-state index is 13.2. The van der Waals surface area contributed by atoms with Crippen LogP contribution in [0.5, 0.6) is 11.5 Å². The molecule has 0 aromatic heterocycles. The van der Waals surface area contributed by atoms with Gasteiger partial charge >= 0.3 is 12.0 Å². The van der Waals surface area contributed by atoms with Gasteiger partial charge in [-0.15, -0.1) is 0 Å². The number of amides is 2. The zero-order valence-corrected chi connectivity index (χ0v) is 17.9. The summed E-state index contributed by atoms with van der Waals surface area (Å²) >= 11 is 0. The molecule has 2 aromatic rings. The number of methoxy groups -OCH3 is 1. The summed E-state index contributed by atoms with van der Waals surface area (Å²) in [5.74, 6) is 0.397. The number of fused-ring (bicyclic) bond motifs is 1. The number of nitrogens with zero attached hydrogens (tertiary/aromatic N) is 1. The lowest BCUT2D eigenvalue weighted by Gasteiger charge is -2.37. The highest BCUT2D eigenvalue weighted by Crippen LogP contribution is 2.40. The Hall–Kier alpha value is -3.29. The van der Waals surface area contributed by atoms with Crippen molar-refractivity contribution in [2.45, 2.75) is 32.7 Å². The van der Waals surface area contributed by atoms with Crippen LogP contribution < -0.4 is 14.8 Å². The minimum atomic E-state index is -0.536. The average molecular weight is 430 g/mol. The third-order valence-corrected chi connectivity index (χ3v) is 5.11. The first-order valence-corrected chi connectivity index (χ1v) is 10.3. The molecule has 0 bridgehead atoms. The van der Waals surface area contributed by atoms with E-state index in [4.69, 9.17) is 14.2 Å². The van der Waals surface area contributed by atoms with E-state index in [1.165, 1.54) is 31.4 Å². The second-order valence-electron chi connectivity index (χ2n) is 7.04. The molecule has 0 fully saturated rings. The van der Waals surface area contributed by atoms with Crippen molar-refractivity contribution in [2.24, 2.45) is 0 Å². The van der Waals surface area contributed by atoms with Crippen molar-refractivity contribution in [3.8, 4) is 11.5 Å². The van der Waals surface area contributed by atoms with Crippen molar-refractivity contribution in [3.63, 3.8) is 0 Å². The number of carbonyl (C=O) groups excluding carboxylic acids is 2. The number of rotatable bonds is 7. The van der Waals surface area contributed by atoms with E-state index in [1.807, 2.05) is 26.0 Å². The molecule has 31 heavy (non-hydrogen) atoms. The standard InChI is InChI=1S/C23H27FN2O5/c1-4-30-20-12-15-10-11-26(23(28)25-17-8-6-16(24)7-9-17)19(14-22(27)29-3)18(15)13-21(20)31-5-2/h6-9,12-13,19H,4-5,10-11,14H2,1-3H3,(H,25,28)/t19-/m0/s1. The molecule has 0 spiro atoms. The lowest BCUT2D eigenvalue weighted by atomic mass is 9.90. The van der Waals surface area contributed by atoms with Crippen LogP contribution in [0.3, 0.4) is 0 Å². The lowest BCUT2D eigenvalue weighted by Crippen LogP contribution is -2.43. The summed E-state index contributed by atoms with van der Waals surface area (Å²) in [6.45, 7) is 5.13. The number of esters is 1. The van der Waals surface area contributed by atoms with E-state index in [1.54, 1.807) is 4.90 Å². The fraction of sp³-hybridized carbons (Fsp3) is 0.391. The minimum absolute atomic E-state index is 0.000115. The van der Waals surface area contributed by atoms with E-state index in [2.05, 4.69) is 5.32 Å². The highest BCUT2D eigenvalue weighted by molar-refractivity contribution is 5.90. The smallest absolute Gasteiger partial charge is 0.322 e. The maximum absolute atomic E-state index is 13.2. The first kappa shape index (κ1) is 22.4. The molecular formula is C23H27FN2O5. The van der Waals surface area contributed by atoms with Gasteiger partial charge in [0.1, 0.15) is 5.82 Å². The van der Waals surface area contributed by atoms with Crippen molar-refractivity contribution in [2.75, 3.05) is 32.2 Å². The number of benzene rings is 2. The molecule has 2 aromatic carbocycles. The summed E-state index contributed by atoms with van der Waals surface area (Å²) in [5, 5.41) is 2.77. The van der Waals surface area contributed by atoms with Gasteiger partial charge in [0, 0.05) is 12.2 Å². The zero-order valence-electron chi connectivity index (χ0n) is 17.9. The van der Waals surface area contributed by atoms with Gasteiger partial charge in [-0.05, 0) is 67.8 Å². The SMILES string of the molecule is CCOc1cc2c(cc1OCC)[C@H](CC(=O)OC)N(C(=O)Nc1ccc(F)cc1)CC2. The number of urea groups is 1. The van der Waals surface area contributed by atoms with E-state index in [0.29, 0.717) is 43.4 Å². The molecule has 8 heteroatoms. The molecule has 1 N–H and O–H groups in total. The van der Waals surface area contributed by atoms with Gasteiger partial charge in [0.25, 0.3) is 0 Å². The van der Waals surface area contributed by atoms with Gasteiger partial charge in [-0.2, -0.15) is 0 Å². The summed E-state index contributed by atoms with van der Waals surface area (Å²) < 4.78 is 29.5. The second kappa shape index (κ2) is 10.1. The Morgan fingerprint density at radius 3 is 2.35 bits per heavy atom. The van der Waals surface area contributed by atoms with E-state index in [9.17, 15) is 14.0 Å². The Morgan fingerprint density at radius 1 is 1.10 bits per heavy atom. The molecule has 0 aliphatic carbocycles. The average Bonchev–Trinajstić information content (AvgIpc) is 2.76. The predicted molar refractivity (Wildman–Crippen MR) is 114 cm³/mol.